The number of furan rings is 1. The molecule has 3 heterocycles. The molecule has 1 unspecified atom stereocenters. The maximum absolute atomic E-state index is 12.4. The molecule has 2 aromatic heterocycles. The highest BCUT2D eigenvalue weighted by atomic mass is 35.5. The van der Waals surface area contributed by atoms with Crippen LogP contribution in [-0.4, -0.2) is 41.3 Å². The van der Waals surface area contributed by atoms with Gasteiger partial charge in [-0.15, -0.1) is 36.2 Å². The second-order valence-corrected chi connectivity index (χ2v) is 7.19. The van der Waals surface area contributed by atoms with Crippen molar-refractivity contribution in [3.05, 3.63) is 35.2 Å². The molecule has 1 fully saturated rings. The summed E-state index contributed by atoms with van der Waals surface area (Å²) in [4.78, 5) is 30.4. The predicted molar refractivity (Wildman–Crippen MR) is 105 cm³/mol. The maximum Gasteiger partial charge on any atom is 0.293 e. The topological polar surface area (TPSA) is 101 Å². The third kappa shape index (κ3) is 5.20. The molecular weight excluding hydrogens is 399 g/mol. The van der Waals surface area contributed by atoms with E-state index in [9.17, 15) is 9.59 Å². The SMILES string of the molecule is CC1(CN)CCN(C(=O)Cc2csc(NC(=O)c3ccco3)n2)C1.Cl.Cl. The molecule has 26 heavy (non-hydrogen) atoms. The average molecular weight is 421 g/mol. The summed E-state index contributed by atoms with van der Waals surface area (Å²) in [5.74, 6) is -0.0900. The molecule has 0 bridgehead atoms. The van der Waals surface area contributed by atoms with E-state index in [2.05, 4.69) is 17.2 Å². The Labute approximate surface area is 168 Å². The van der Waals surface area contributed by atoms with Gasteiger partial charge in [0.15, 0.2) is 10.9 Å². The summed E-state index contributed by atoms with van der Waals surface area (Å²) in [7, 11) is 0. The van der Waals surface area contributed by atoms with Crippen molar-refractivity contribution in [2.24, 2.45) is 11.1 Å². The van der Waals surface area contributed by atoms with Crippen molar-refractivity contribution >= 4 is 53.1 Å². The van der Waals surface area contributed by atoms with Crippen molar-refractivity contribution in [1.29, 1.82) is 0 Å². The molecule has 0 radical (unpaired) electrons. The summed E-state index contributed by atoms with van der Waals surface area (Å²) >= 11 is 1.29. The minimum atomic E-state index is -0.356. The molecule has 2 amide bonds. The fourth-order valence-electron chi connectivity index (χ4n) is 2.68. The van der Waals surface area contributed by atoms with Crippen LogP contribution in [0.5, 0.6) is 0 Å². The number of carbonyl (C=O) groups is 2. The van der Waals surface area contributed by atoms with Gasteiger partial charge in [0.2, 0.25) is 5.91 Å². The first-order chi connectivity index (χ1) is 11.5. The Morgan fingerprint density at radius 2 is 2.23 bits per heavy atom. The van der Waals surface area contributed by atoms with Crippen LogP contribution in [0.4, 0.5) is 5.13 Å². The Morgan fingerprint density at radius 1 is 1.46 bits per heavy atom. The van der Waals surface area contributed by atoms with Crippen LogP contribution in [0.15, 0.2) is 28.2 Å². The van der Waals surface area contributed by atoms with Gasteiger partial charge in [0.05, 0.1) is 18.4 Å². The number of aromatic nitrogens is 1. The molecule has 0 aromatic carbocycles. The lowest BCUT2D eigenvalue weighted by Crippen LogP contribution is -2.35. The maximum atomic E-state index is 12.4. The number of halogens is 2. The van der Waals surface area contributed by atoms with Crippen molar-refractivity contribution in [2.45, 2.75) is 19.8 Å². The number of hydrogen-bond acceptors (Lipinski definition) is 6. The molecule has 1 aliphatic rings. The molecule has 1 atom stereocenters. The first kappa shape index (κ1) is 22.4. The van der Waals surface area contributed by atoms with E-state index in [0.29, 0.717) is 23.9 Å². The lowest BCUT2D eigenvalue weighted by Gasteiger charge is -2.22. The van der Waals surface area contributed by atoms with Crippen LogP contribution in [0.2, 0.25) is 0 Å². The fraction of sp³-hybridized carbons (Fsp3) is 0.438. The van der Waals surface area contributed by atoms with E-state index >= 15 is 0 Å². The number of thiazole rings is 1. The van der Waals surface area contributed by atoms with E-state index in [0.717, 1.165) is 13.0 Å². The van der Waals surface area contributed by atoms with Gasteiger partial charge in [-0.3, -0.25) is 14.9 Å². The molecule has 0 aliphatic carbocycles. The Hall–Kier alpha value is -1.61. The van der Waals surface area contributed by atoms with Crippen LogP contribution in [0.25, 0.3) is 0 Å². The molecule has 0 spiro atoms. The summed E-state index contributed by atoms with van der Waals surface area (Å²) < 4.78 is 5.03. The van der Waals surface area contributed by atoms with Gasteiger partial charge in [0, 0.05) is 18.5 Å². The lowest BCUT2D eigenvalue weighted by atomic mass is 9.90. The third-order valence-electron chi connectivity index (χ3n) is 4.25. The van der Waals surface area contributed by atoms with Crippen LogP contribution in [0.1, 0.15) is 29.6 Å². The van der Waals surface area contributed by atoms with Crippen LogP contribution in [0, 0.1) is 5.41 Å². The predicted octanol–water partition coefficient (Wildman–Crippen LogP) is 2.57. The number of rotatable bonds is 5. The molecule has 3 N–H and O–H groups in total. The quantitative estimate of drug-likeness (QED) is 0.773. The van der Waals surface area contributed by atoms with E-state index in [1.807, 2.05) is 4.90 Å². The minimum Gasteiger partial charge on any atom is -0.459 e. The van der Waals surface area contributed by atoms with Crippen molar-refractivity contribution in [2.75, 3.05) is 25.0 Å². The standard InChI is InChI=1S/C16H20N4O3S.2ClH/c1-16(9-17)4-5-20(10-16)13(21)7-11-8-24-15(18-11)19-14(22)12-3-2-6-23-12;;/h2-3,6,8H,4-5,7,9-10,17H2,1H3,(H,18,19,22);2*1H. The van der Waals surface area contributed by atoms with Gasteiger partial charge >= 0.3 is 0 Å². The highest BCUT2D eigenvalue weighted by molar-refractivity contribution is 7.14. The van der Waals surface area contributed by atoms with Gasteiger partial charge in [0.1, 0.15) is 0 Å². The first-order valence-corrected chi connectivity index (χ1v) is 8.64. The Kier molecular flexibility index (Phi) is 8.08. The Bertz CT molecular complexity index is 738. The summed E-state index contributed by atoms with van der Waals surface area (Å²) in [5, 5.41) is 4.90. The van der Waals surface area contributed by atoms with E-state index in [-0.39, 0.29) is 54.2 Å². The fourth-order valence-corrected chi connectivity index (χ4v) is 3.39. The molecule has 1 saturated heterocycles. The number of nitrogens with zero attached hydrogens (tertiary/aromatic N) is 2. The smallest absolute Gasteiger partial charge is 0.293 e. The van der Waals surface area contributed by atoms with Gasteiger partial charge in [-0.2, -0.15) is 0 Å². The van der Waals surface area contributed by atoms with E-state index in [4.69, 9.17) is 10.2 Å². The summed E-state index contributed by atoms with van der Waals surface area (Å²) in [6.45, 7) is 4.11. The number of likely N-dealkylation sites (tertiary alicyclic amines) is 1. The van der Waals surface area contributed by atoms with Gasteiger partial charge in [-0.25, -0.2) is 4.98 Å². The zero-order chi connectivity index (χ0) is 17.2. The van der Waals surface area contributed by atoms with Crippen LogP contribution < -0.4 is 11.1 Å². The second kappa shape index (κ2) is 9.36. The second-order valence-electron chi connectivity index (χ2n) is 6.33. The highest BCUT2D eigenvalue weighted by Gasteiger charge is 2.34. The number of amides is 2. The molecule has 1 aliphatic heterocycles. The summed E-state index contributed by atoms with van der Waals surface area (Å²) in [6, 6.07) is 3.22. The summed E-state index contributed by atoms with van der Waals surface area (Å²) in [5.41, 5.74) is 6.44. The number of hydrogen-bond donors (Lipinski definition) is 2. The average Bonchev–Trinajstić information content (AvgIpc) is 3.28. The van der Waals surface area contributed by atoms with Crippen molar-refractivity contribution in [3.8, 4) is 0 Å². The largest absolute Gasteiger partial charge is 0.459 e. The Morgan fingerprint density at radius 3 is 2.85 bits per heavy atom. The molecule has 7 nitrogen and oxygen atoms in total. The lowest BCUT2D eigenvalue weighted by molar-refractivity contribution is -0.129. The van der Waals surface area contributed by atoms with Gasteiger partial charge in [-0.05, 0) is 30.5 Å². The van der Waals surface area contributed by atoms with Crippen LogP contribution in [-0.2, 0) is 11.2 Å². The van der Waals surface area contributed by atoms with Crippen molar-refractivity contribution in [3.63, 3.8) is 0 Å². The third-order valence-corrected chi connectivity index (χ3v) is 5.06. The molecule has 2 aromatic rings. The van der Waals surface area contributed by atoms with Gasteiger partial charge in [0.25, 0.3) is 5.91 Å². The minimum absolute atomic E-state index is 0. The highest BCUT2D eigenvalue weighted by Crippen LogP contribution is 2.29. The molecule has 3 rings (SSSR count). The monoisotopic (exact) mass is 420 g/mol. The molecular formula is C16H22Cl2N4O3S. The van der Waals surface area contributed by atoms with Crippen molar-refractivity contribution < 1.29 is 14.0 Å². The summed E-state index contributed by atoms with van der Waals surface area (Å²) in [6.07, 6.45) is 2.59. The van der Waals surface area contributed by atoms with Crippen LogP contribution >= 0.6 is 36.2 Å². The normalized spacial score (nSPS) is 18.8. The first-order valence-electron chi connectivity index (χ1n) is 7.76. The number of nitrogens with two attached hydrogens (primary N) is 1. The zero-order valence-electron chi connectivity index (χ0n) is 14.3. The van der Waals surface area contributed by atoms with Gasteiger partial charge < -0.3 is 15.1 Å². The van der Waals surface area contributed by atoms with E-state index < -0.39 is 0 Å². The number of nitrogens with one attached hydrogen (secondary N) is 1. The van der Waals surface area contributed by atoms with Crippen molar-refractivity contribution in [1.82, 2.24) is 9.88 Å². The molecule has 144 valence electrons. The Balaban J connectivity index is 0.00000169. The number of carbonyl (C=O) groups excluding carboxylic acids is 2. The zero-order valence-corrected chi connectivity index (χ0v) is 16.7. The van der Waals surface area contributed by atoms with E-state index in [1.54, 1.807) is 17.5 Å². The van der Waals surface area contributed by atoms with Gasteiger partial charge in [-0.1, -0.05) is 6.92 Å². The van der Waals surface area contributed by atoms with E-state index in [1.165, 1.54) is 17.6 Å². The molecule has 0 saturated carbocycles. The molecule has 10 heteroatoms. The number of anilines is 1. The van der Waals surface area contributed by atoms with Crippen LogP contribution in [0.3, 0.4) is 0 Å².